The zero-order valence-corrected chi connectivity index (χ0v) is 11.5. The number of ether oxygens (including phenoxy) is 1. The Morgan fingerprint density at radius 1 is 1.56 bits per heavy atom. The molecular weight excluding hydrogens is 234 g/mol. The summed E-state index contributed by atoms with van der Waals surface area (Å²) in [5, 5.41) is 5.73. The van der Waals surface area contributed by atoms with Crippen molar-refractivity contribution in [1.82, 2.24) is 15.5 Å². The summed E-state index contributed by atoms with van der Waals surface area (Å²) in [7, 11) is 3.31. The van der Waals surface area contributed by atoms with E-state index in [1.807, 2.05) is 6.92 Å². The number of carbonyl (C=O) groups excluding carboxylic acids is 2. The van der Waals surface area contributed by atoms with E-state index >= 15 is 0 Å². The molecule has 2 N–H and O–H groups in total. The maximum Gasteiger partial charge on any atom is 0.242 e. The molecule has 0 aromatic carbocycles. The average Bonchev–Trinajstić information content (AvgIpc) is 2.37. The summed E-state index contributed by atoms with van der Waals surface area (Å²) in [4.78, 5) is 25.2. The highest BCUT2D eigenvalue weighted by Gasteiger charge is 2.31. The molecule has 6 heteroatoms. The largest absolute Gasteiger partial charge is 0.375 e. The first-order chi connectivity index (χ1) is 8.47. The van der Waals surface area contributed by atoms with Crippen LogP contribution in [-0.2, 0) is 14.3 Å². The van der Waals surface area contributed by atoms with Crippen LogP contribution < -0.4 is 10.6 Å². The van der Waals surface area contributed by atoms with Crippen LogP contribution in [0.3, 0.4) is 0 Å². The molecule has 104 valence electrons. The average molecular weight is 257 g/mol. The van der Waals surface area contributed by atoms with Gasteiger partial charge in [0.15, 0.2) is 0 Å². The summed E-state index contributed by atoms with van der Waals surface area (Å²) in [6, 6.07) is -0.319. The van der Waals surface area contributed by atoms with Crippen molar-refractivity contribution in [2.75, 3.05) is 33.8 Å². The molecule has 18 heavy (non-hydrogen) atoms. The second kappa shape index (κ2) is 6.70. The Hall–Kier alpha value is -1.14. The molecule has 1 heterocycles. The lowest BCUT2D eigenvalue weighted by molar-refractivity contribution is -0.139. The van der Waals surface area contributed by atoms with E-state index < -0.39 is 0 Å². The third-order valence-corrected chi connectivity index (χ3v) is 3.20. The van der Waals surface area contributed by atoms with E-state index in [0.717, 1.165) is 0 Å². The number of amides is 2. The van der Waals surface area contributed by atoms with Crippen molar-refractivity contribution in [3.8, 4) is 0 Å². The molecule has 0 aliphatic carbocycles. The Balaban J connectivity index is 2.52. The van der Waals surface area contributed by atoms with Crippen LogP contribution in [0, 0.1) is 5.92 Å². The van der Waals surface area contributed by atoms with Crippen molar-refractivity contribution in [2.45, 2.75) is 26.0 Å². The monoisotopic (exact) mass is 257 g/mol. The number of likely N-dealkylation sites (N-methyl/N-ethyl adjacent to an activating group) is 1. The Morgan fingerprint density at radius 2 is 2.22 bits per heavy atom. The zero-order valence-electron chi connectivity index (χ0n) is 11.5. The number of morpholine rings is 1. The Labute approximate surface area is 108 Å². The Morgan fingerprint density at radius 3 is 2.78 bits per heavy atom. The van der Waals surface area contributed by atoms with Crippen molar-refractivity contribution in [3.63, 3.8) is 0 Å². The van der Waals surface area contributed by atoms with Crippen LogP contribution in [0.25, 0.3) is 0 Å². The summed E-state index contributed by atoms with van der Waals surface area (Å²) in [6.45, 7) is 5.40. The maximum atomic E-state index is 12.2. The van der Waals surface area contributed by atoms with Crippen LogP contribution >= 0.6 is 0 Å². The molecule has 1 rings (SSSR count). The van der Waals surface area contributed by atoms with Gasteiger partial charge in [-0.25, -0.2) is 0 Å². The molecule has 1 aliphatic rings. The molecule has 1 unspecified atom stereocenters. The quantitative estimate of drug-likeness (QED) is 0.692. The fourth-order valence-electron chi connectivity index (χ4n) is 2.08. The van der Waals surface area contributed by atoms with Gasteiger partial charge in [-0.2, -0.15) is 0 Å². The Bertz CT molecular complexity index is 309. The highest BCUT2D eigenvalue weighted by molar-refractivity contribution is 5.84. The predicted octanol–water partition coefficient (Wildman–Crippen LogP) is -0.796. The van der Waals surface area contributed by atoms with Crippen LogP contribution in [0.2, 0.25) is 0 Å². The van der Waals surface area contributed by atoms with Gasteiger partial charge in [-0.1, -0.05) is 6.92 Å². The lowest BCUT2D eigenvalue weighted by Crippen LogP contribution is -2.56. The van der Waals surface area contributed by atoms with Crippen LogP contribution in [-0.4, -0.2) is 62.7 Å². The smallest absolute Gasteiger partial charge is 0.242 e. The van der Waals surface area contributed by atoms with E-state index in [2.05, 4.69) is 10.6 Å². The predicted molar refractivity (Wildman–Crippen MR) is 68.1 cm³/mol. The lowest BCUT2D eigenvalue weighted by atomic mass is 10.1. The van der Waals surface area contributed by atoms with E-state index in [1.54, 1.807) is 25.9 Å². The van der Waals surface area contributed by atoms with Gasteiger partial charge in [-0.05, 0) is 6.92 Å². The van der Waals surface area contributed by atoms with Gasteiger partial charge in [0.2, 0.25) is 11.8 Å². The third-order valence-electron chi connectivity index (χ3n) is 3.20. The second-order valence-electron chi connectivity index (χ2n) is 4.74. The lowest BCUT2D eigenvalue weighted by Gasteiger charge is -2.33. The van der Waals surface area contributed by atoms with E-state index in [-0.39, 0.29) is 29.9 Å². The molecule has 0 bridgehead atoms. The molecule has 2 amide bonds. The van der Waals surface area contributed by atoms with E-state index in [9.17, 15) is 9.59 Å². The minimum absolute atomic E-state index is 0.0297. The van der Waals surface area contributed by atoms with Crippen molar-refractivity contribution >= 4 is 11.8 Å². The molecule has 0 spiro atoms. The van der Waals surface area contributed by atoms with Gasteiger partial charge in [-0.3, -0.25) is 9.59 Å². The number of hydrogen-bond acceptors (Lipinski definition) is 4. The first-order valence-corrected chi connectivity index (χ1v) is 6.29. The minimum Gasteiger partial charge on any atom is -0.375 e. The van der Waals surface area contributed by atoms with Gasteiger partial charge in [0.05, 0.1) is 18.6 Å². The molecule has 0 radical (unpaired) electrons. The number of hydrogen-bond donors (Lipinski definition) is 2. The summed E-state index contributed by atoms with van der Waals surface area (Å²) < 4.78 is 5.45. The van der Waals surface area contributed by atoms with Gasteiger partial charge in [-0.15, -0.1) is 0 Å². The second-order valence-corrected chi connectivity index (χ2v) is 4.74. The van der Waals surface area contributed by atoms with Gasteiger partial charge in [0.1, 0.15) is 6.04 Å². The standard InChI is InChI=1S/C12H23N3O3/c1-8(11(16)13-3)7-15(4)12(17)10-9(2)18-6-5-14-10/h8-10,14H,5-7H2,1-4H3,(H,13,16)/t8?,9-,10+/m1/s1. The van der Waals surface area contributed by atoms with Crippen LogP contribution in [0.4, 0.5) is 0 Å². The fraction of sp³-hybridized carbons (Fsp3) is 0.833. The first kappa shape index (κ1) is 14.9. The van der Waals surface area contributed by atoms with Crippen LogP contribution in [0.1, 0.15) is 13.8 Å². The van der Waals surface area contributed by atoms with Crippen LogP contribution in [0.15, 0.2) is 0 Å². The van der Waals surface area contributed by atoms with Gasteiger partial charge in [0, 0.05) is 27.2 Å². The summed E-state index contributed by atoms with van der Waals surface area (Å²) in [6.07, 6.45) is -0.135. The molecule has 3 atom stereocenters. The third kappa shape index (κ3) is 3.68. The van der Waals surface area contributed by atoms with Crippen molar-refractivity contribution in [1.29, 1.82) is 0 Å². The van der Waals surface area contributed by atoms with Gasteiger partial charge < -0.3 is 20.3 Å². The van der Waals surface area contributed by atoms with E-state index in [1.165, 1.54) is 0 Å². The number of nitrogens with one attached hydrogen (secondary N) is 2. The topological polar surface area (TPSA) is 70.7 Å². The highest BCUT2D eigenvalue weighted by Crippen LogP contribution is 2.08. The summed E-state index contributed by atoms with van der Waals surface area (Å²) in [5.74, 6) is -0.308. The minimum atomic E-state index is -0.319. The van der Waals surface area contributed by atoms with E-state index in [4.69, 9.17) is 4.74 Å². The zero-order chi connectivity index (χ0) is 13.7. The molecule has 1 aliphatic heterocycles. The normalized spacial score (nSPS) is 25.3. The summed E-state index contributed by atoms with van der Waals surface area (Å²) >= 11 is 0. The SMILES string of the molecule is CNC(=O)C(C)CN(C)C(=O)[C@H]1NCCO[C@@H]1C. The van der Waals surface area contributed by atoms with Crippen molar-refractivity contribution in [3.05, 3.63) is 0 Å². The molecule has 0 saturated carbocycles. The highest BCUT2D eigenvalue weighted by atomic mass is 16.5. The first-order valence-electron chi connectivity index (χ1n) is 6.29. The molecule has 0 aromatic rings. The van der Waals surface area contributed by atoms with Gasteiger partial charge >= 0.3 is 0 Å². The maximum absolute atomic E-state index is 12.2. The molecule has 1 saturated heterocycles. The Kier molecular flexibility index (Phi) is 5.55. The molecule has 0 aromatic heterocycles. The molecular formula is C12H23N3O3. The fourth-order valence-corrected chi connectivity index (χ4v) is 2.08. The van der Waals surface area contributed by atoms with Crippen LogP contribution in [0.5, 0.6) is 0 Å². The number of carbonyl (C=O) groups is 2. The molecule has 6 nitrogen and oxygen atoms in total. The van der Waals surface area contributed by atoms with Crippen molar-refractivity contribution in [2.24, 2.45) is 5.92 Å². The van der Waals surface area contributed by atoms with E-state index in [0.29, 0.717) is 19.7 Å². The number of nitrogens with zero attached hydrogens (tertiary/aromatic N) is 1. The van der Waals surface area contributed by atoms with Gasteiger partial charge in [0.25, 0.3) is 0 Å². The van der Waals surface area contributed by atoms with Crippen molar-refractivity contribution < 1.29 is 14.3 Å². The summed E-state index contributed by atoms with van der Waals surface area (Å²) in [5.41, 5.74) is 0. The molecule has 1 fully saturated rings. The number of rotatable bonds is 4.